The number of ether oxygens (including phenoxy) is 1. The van der Waals surface area contributed by atoms with Gasteiger partial charge in [0.2, 0.25) is 0 Å². The second kappa shape index (κ2) is 6.46. The van der Waals surface area contributed by atoms with Crippen LogP contribution in [0.2, 0.25) is 0 Å². The lowest BCUT2D eigenvalue weighted by Crippen LogP contribution is -2.25. The average molecular weight is 388 g/mol. The molecule has 0 radical (unpaired) electrons. The molecule has 2 heterocycles. The number of nitrogens with two attached hydrogens (primary N) is 1. The number of fused-ring (bicyclic) bond motifs is 2. The van der Waals surface area contributed by atoms with Crippen molar-refractivity contribution >= 4 is 27.6 Å². The number of aliphatic hydroxyl groups is 1. The lowest BCUT2D eigenvalue weighted by atomic mass is 10.0. The molecule has 0 amide bonds. The van der Waals surface area contributed by atoms with Crippen molar-refractivity contribution in [3.05, 3.63) is 48.9 Å². The van der Waals surface area contributed by atoms with E-state index in [1.165, 1.54) is 6.33 Å². The van der Waals surface area contributed by atoms with Crippen LogP contribution in [0, 0.1) is 0 Å². The third kappa shape index (κ3) is 3.51. The van der Waals surface area contributed by atoms with Gasteiger partial charge in [-0.05, 0) is 61.2 Å². The largest absolute Gasteiger partial charge is 0.490 e. The van der Waals surface area contributed by atoms with E-state index in [2.05, 4.69) is 40.3 Å². The zero-order valence-electron chi connectivity index (χ0n) is 16.6. The summed E-state index contributed by atoms with van der Waals surface area (Å²) in [5.41, 5.74) is 8.06. The Kier molecular flexibility index (Phi) is 3.99. The van der Waals surface area contributed by atoms with Crippen molar-refractivity contribution in [3.63, 3.8) is 0 Å². The standard InChI is InChI=1S/C23H24N4O2/c1-23(2,28)12-27-11-19(20-21(24)25-13-26-22(20)27)16-4-3-15-10-18(29-17-7-8-17)6-5-14(15)9-16/h3-6,9-11,13,17,28H,7-8,12H2,1-2H3,(H2,24,25,26). The van der Waals surface area contributed by atoms with Gasteiger partial charge >= 0.3 is 0 Å². The number of hydrogen-bond acceptors (Lipinski definition) is 5. The fourth-order valence-electron chi connectivity index (χ4n) is 3.75. The van der Waals surface area contributed by atoms with E-state index in [1.54, 1.807) is 13.8 Å². The summed E-state index contributed by atoms with van der Waals surface area (Å²) in [6, 6.07) is 12.5. The third-order valence-electron chi connectivity index (χ3n) is 5.19. The minimum atomic E-state index is -0.871. The van der Waals surface area contributed by atoms with Crippen LogP contribution in [0.1, 0.15) is 26.7 Å². The molecule has 0 bridgehead atoms. The summed E-state index contributed by atoms with van der Waals surface area (Å²) >= 11 is 0. The highest BCUT2D eigenvalue weighted by atomic mass is 16.5. The molecular weight excluding hydrogens is 364 g/mol. The Morgan fingerprint density at radius 1 is 1.14 bits per heavy atom. The second-order valence-corrected chi connectivity index (χ2v) is 8.48. The van der Waals surface area contributed by atoms with E-state index < -0.39 is 5.60 Å². The summed E-state index contributed by atoms with van der Waals surface area (Å²) in [6.45, 7) is 3.97. The van der Waals surface area contributed by atoms with Gasteiger partial charge in [-0.1, -0.05) is 18.2 Å². The Balaban J connectivity index is 1.61. The van der Waals surface area contributed by atoms with Crippen LogP contribution in [-0.4, -0.2) is 31.3 Å². The monoisotopic (exact) mass is 388 g/mol. The molecule has 1 saturated carbocycles. The predicted octanol–water partition coefficient (Wildman–Crippen LogP) is 4.15. The van der Waals surface area contributed by atoms with Gasteiger partial charge in [-0.25, -0.2) is 9.97 Å². The number of rotatable bonds is 5. The quantitative estimate of drug-likeness (QED) is 0.536. The lowest BCUT2D eigenvalue weighted by Gasteiger charge is -2.18. The van der Waals surface area contributed by atoms with Gasteiger partial charge in [0.15, 0.2) is 0 Å². The van der Waals surface area contributed by atoms with Gasteiger partial charge in [-0.2, -0.15) is 0 Å². The van der Waals surface area contributed by atoms with Crippen molar-refractivity contribution in [2.75, 3.05) is 5.73 Å². The highest BCUT2D eigenvalue weighted by molar-refractivity contribution is 6.02. The SMILES string of the molecule is CC(C)(O)Cn1cc(-c2ccc3cc(OC4CC4)ccc3c2)c2c(N)ncnc21. The van der Waals surface area contributed by atoms with Gasteiger partial charge < -0.3 is 20.1 Å². The Bertz CT molecular complexity index is 1220. The normalized spacial score (nSPS) is 14.6. The van der Waals surface area contributed by atoms with E-state index in [0.29, 0.717) is 18.5 Å². The highest BCUT2D eigenvalue weighted by Gasteiger charge is 2.23. The van der Waals surface area contributed by atoms with Crippen molar-refractivity contribution in [3.8, 4) is 16.9 Å². The molecule has 1 fully saturated rings. The molecule has 0 spiro atoms. The summed E-state index contributed by atoms with van der Waals surface area (Å²) in [6.07, 6.45) is 6.14. The molecule has 29 heavy (non-hydrogen) atoms. The molecule has 0 atom stereocenters. The lowest BCUT2D eigenvalue weighted by molar-refractivity contribution is 0.0627. The Morgan fingerprint density at radius 3 is 2.66 bits per heavy atom. The zero-order valence-corrected chi connectivity index (χ0v) is 16.6. The summed E-state index contributed by atoms with van der Waals surface area (Å²) in [5, 5.41) is 13.4. The van der Waals surface area contributed by atoms with Crippen LogP contribution >= 0.6 is 0 Å². The zero-order chi connectivity index (χ0) is 20.2. The second-order valence-electron chi connectivity index (χ2n) is 8.48. The molecule has 1 aliphatic carbocycles. The number of anilines is 1. The van der Waals surface area contributed by atoms with Crippen molar-refractivity contribution in [1.82, 2.24) is 14.5 Å². The van der Waals surface area contributed by atoms with E-state index in [4.69, 9.17) is 10.5 Å². The first-order chi connectivity index (χ1) is 13.9. The maximum Gasteiger partial charge on any atom is 0.146 e. The average Bonchev–Trinajstić information content (AvgIpc) is 3.41. The highest BCUT2D eigenvalue weighted by Crippen LogP contribution is 2.36. The predicted molar refractivity (Wildman–Crippen MR) is 115 cm³/mol. The van der Waals surface area contributed by atoms with Crippen LogP contribution in [0.3, 0.4) is 0 Å². The number of hydrogen-bond donors (Lipinski definition) is 2. The molecule has 5 rings (SSSR count). The van der Waals surface area contributed by atoms with Gasteiger partial charge in [0.1, 0.15) is 23.5 Å². The van der Waals surface area contributed by atoms with Crippen molar-refractivity contribution in [2.45, 2.75) is 44.9 Å². The Morgan fingerprint density at radius 2 is 1.90 bits per heavy atom. The van der Waals surface area contributed by atoms with Gasteiger partial charge in [0, 0.05) is 11.8 Å². The van der Waals surface area contributed by atoms with E-state index in [1.807, 2.05) is 16.8 Å². The minimum absolute atomic E-state index is 0.386. The van der Waals surface area contributed by atoms with Crippen molar-refractivity contribution < 1.29 is 9.84 Å². The van der Waals surface area contributed by atoms with Crippen LogP contribution in [-0.2, 0) is 6.54 Å². The number of aromatic nitrogens is 3. The van der Waals surface area contributed by atoms with Crippen LogP contribution in [0.15, 0.2) is 48.9 Å². The van der Waals surface area contributed by atoms with Crippen molar-refractivity contribution in [2.24, 2.45) is 0 Å². The van der Waals surface area contributed by atoms with Crippen LogP contribution < -0.4 is 10.5 Å². The molecule has 0 saturated heterocycles. The molecule has 148 valence electrons. The molecule has 6 heteroatoms. The molecule has 0 unspecified atom stereocenters. The van der Waals surface area contributed by atoms with Gasteiger partial charge in [-0.15, -0.1) is 0 Å². The van der Waals surface area contributed by atoms with Gasteiger partial charge in [0.25, 0.3) is 0 Å². The molecule has 2 aromatic carbocycles. The van der Waals surface area contributed by atoms with Crippen LogP contribution in [0.25, 0.3) is 32.9 Å². The fraction of sp³-hybridized carbons (Fsp3) is 0.304. The number of nitrogens with zero attached hydrogens (tertiary/aromatic N) is 3. The first-order valence-corrected chi connectivity index (χ1v) is 9.90. The summed E-state index contributed by atoms with van der Waals surface area (Å²) < 4.78 is 7.86. The van der Waals surface area contributed by atoms with Crippen molar-refractivity contribution in [1.29, 1.82) is 0 Å². The van der Waals surface area contributed by atoms with E-state index in [-0.39, 0.29) is 0 Å². The van der Waals surface area contributed by atoms with E-state index >= 15 is 0 Å². The number of benzene rings is 2. The summed E-state index contributed by atoms with van der Waals surface area (Å²) in [7, 11) is 0. The molecule has 4 aromatic rings. The molecule has 1 aliphatic rings. The smallest absolute Gasteiger partial charge is 0.146 e. The molecular formula is C23H24N4O2. The van der Waals surface area contributed by atoms with E-state index in [9.17, 15) is 5.11 Å². The Labute approximate surface area is 169 Å². The molecule has 0 aliphatic heterocycles. The maximum atomic E-state index is 10.3. The molecule has 6 nitrogen and oxygen atoms in total. The van der Waals surface area contributed by atoms with Crippen LogP contribution in [0.4, 0.5) is 5.82 Å². The topological polar surface area (TPSA) is 86.2 Å². The van der Waals surface area contributed by atoms with Crippen LogP contribution in [0.5, 0.6) is 5.75 Å². The first kappa shape index (κ1) is 17.9. The number of nitrogen functional groups attached to an aromatic ring is 1. The molecule has 2 aromatic heterocycles. The Hall–Kier alpha value is -3.12. The van der Waals surface area contributed by atoms with E-state index in [0.717, 1.165) is 51.5 Å². The maximum absolute atomic E-state index is 10.3. The minimum Gasteiger partial charge on any atom is -0.490 e. The summed E-state index contributed by atoms with van der Waals surface area (Å²) in [5.74, 6) is 1.36. The van der Waals surface area contributed by atoms with Gasteiger partial charge in [-0.3, -0.25) is 0 Å². The molecule has 3 N–H and O–H groups in total. The first-order valence-electron chi connectivity index (χ1n) is 9.90. The third-order valence-corrected chi connectivity index (χ3v) is 5.19. The van der Waals surface area contributed by atoms with Gasteiger partial charge in [0.05, 0.1) is 23.6 Å². The fourth-order valence-corrected chi connectivity index (χ4v) is 3.75. The summed E-state index contributed by atoms with van der Waals surface area (Å²) in [4.78, 5) is 8.61.